The molecule has 4 nitrogen and oxygen atoms in total. The molecule has 0 aliphatic carbocycles. The van der Waals surface area contributed by atoms with Crippen LogP contribution >= 0.6 is 0 Å². The van der Waals surface area contributed by atoms with Crippen LogP contribution in [0.3, 0.4) is 0 Å². The molecule has 22 heavy (non-hydrogen) atoms. The first kappa shape index (κ1) is 14.1. The lowest BCUT2D eigenvalue weighted by Crippen LogP contribution is -2.31. The monoisotopic (exact) mass is 293 g/mol. The van der Waals surface area contributed by atoms with E-state index in [1.54, 1.807) is 29.2 Å². The molecule has 1 aromatic heterocycles. The maximum absolute atomic E-state index is 12.7. The van der Waals surface area contributed by atoms with Gasteiger partial charge in [0.15, 0.2) is 11.2 Å². The number of amides is 1. The van der Waals surface area contributed by atoms with Gasteiger partial charge in [0.25, 0.3) is 5.91 Å². The maximum Gasteiger partial charge on any atom is 0.294 e. The molecule has 0 saturated heterocycles. The summed E-state index contributed by atoms with van der Waals surface area (Å²) in [6, 6.07) is 17.5. The third kappa shape index (κ3) is 2.51. The molecule has 3 aromatic rings. The SMILES string of the molecule is CCN(C(=O)c1cc(=O)c2ccccc2o1)c1ccccc1. The van der Waals surface area contributed by atoms with Crippen molar-refractivity contribution in [1.82, 2.24) is 0 Å². The van der Waals surface area contributed by atoms with Crippen molar-refractivity contribution in [2.45, 2.75) is 6.92 Å². The molecule has 3 rings (SSSR count). The summed E-state index contributed by atoms with van der Waals surface area (Å²) in [5.74, 6) is -0.272. The summed E-state index contributed by atoms with van der Waals surface area (Å²) in [5, 5.41) is 0.474. The minimum atomic E-state index is -0.323. The van der Waals surface area contributed by atoms with Crippen molar-refractivity contribution in [3.8, 4) is 0 Å². The Morgan fingerprint density at radius 3 is 2.45 bits per heavy atom. The Balaban J connectivity index is 2.06. The fourth-order valence-electron chi connectivity index (χ4n) is 2.39. The van der Waals surface area contributed by atoms with E-state index in [4.69, 9.17) is 4.42 Å². The molecule has 0 fully saturated rings. The topological polar surface area (TPSA) is 50.5 Å². The molecule has 0 aliphatic heterocycles. The third-order valence-electron chi connectivity index (χ3n) is 3.47. The Kier molecular flexibility index (Phi) is 3.74. The fraction of sp³-hybridized carbons (Fsp3) is 0.111. The number of para-hydroxylation sites is 2. The minimum Gasteiger partial charge on any atom is -0.451 e. The molecule has 0 spiro atoms. The van der Waals surface area contributed by atoms with Gasteiger partial charge in [-0.1, -0.05) is 30.3 Å². The van der Waals surface area contributed by atoms with Crippen LogP contribution in [-0.4, -0.2) is 12.5 Å². The minimum absolute atomic E-state index is 0.0504. The smallest absolute Gasteiger partial charge is 0.294 e. The van der Waals surface area contributed by atoms with Gasteiger partial charge < -0.3 is 9.32 Å². The molecule has 0 saturated carbocycles. The van der Waals surface area contributed by atoms with Crippen LogP contribution in [0.1, 0.15) is 17.5 Å². The molecule has 1 heterocycles. The summed E-state index contributed by atoms with van der Waals surface area (Å²) in [4.78, 5) is 26.4. The van der Waals surface area contributed by atoms with Crippen molar-refractivity contribution in [1.29, 1.82) is 0 Å². The van der Waals surface area contributed by atoms with Crippen LogP contribution in [0.25, 0.3) is 11.0 Å². The lowest BCUT2D eigenvalue weighted by Gasteiger charge is -2.20. The number of nitrogens with zero attached hydrogens (tertiary/aromatic N) is 1. The number of hydrogen-bond acceptors (Lipinski definition) is 3. The molecular weight excluding hydrogens is 278 g/mol. The number of anilines is 1. The number of fused-ring (bicyclic) bond motifs is 1. The van der Waals surface area contributed by atoms with Crippen molar-refractivity contribution >= 4 is 22.6 Å². The number of carbonyl (C=O) groups is 1. The van der Waals surface area contributed by atoms with E-state index in [-0.39, 0.29) is 17.1 Å². The summed E-state index contributed by atoms with van der Waals surface area (Å²) in [7, 11) is 0. The van der Waals surface area contributed by atoms with E-state index in [2.05, 4.69) is 0 Å². The number of rotatable bonds is 3. The van der Waals surface area contributed by atoms with Crippen molar-refractivity contribution in [2.75, 3.05) is 11.4 Å². The number of benzene rings is 2. The predicted molar refractivity (Wildman–Crippen MR) is 86.3 cm³/mol. The molecule has 110 valence electrons. The standard InChI is InChI=1S/C18H15NO3/c1-2-19(13-8-4-3-5-9-13)18(21)17-12-15(20)14-10-6-7-11-16(14)22-17/h3-12H,2H2,1H3. The van der Waals surface area contributed by atoms with Crippen LogP contribution < -0.4 is 10.3 Å². The average molecular weight is 293 g/mol. The summed E-state index contributed by atoms with van der Waals surface area (Å²) >= 11 is 0. The van der Waals surface area contributed by atoms with Crippen LogP contribution in [0.2, 0.25) is 0 Å². The first-order valence-electron chi connectivity index (χ1n) is 7.10. The highest BCUT2D eigenvalue weighted by Crippen LogP contribution is 2.18. The van der Waals surface area contributed by atoms with E-state index in [1.807, 2.05) is 37.3 Å². The van der Waals surface area contributed by atoms with Crippen LogP contribution in [0, 0.1) is 0 Å². The first-order chi connectivity index (χ1) is 10.7. The van der Waals surface area contributed by atoms with E-state index < -0.39 is 0 Å². The van der Waals surface area contributed by atoms with Gasteiger partial charge in [-0.15, -0.1) is 0 Å². The van der Waals surface area contributed by atoms with Crippen LogP contribution in [0.4, 0.5) is 5.69 Å². The Labute approximate surface area is 127 Å². The second kappa shape index (κ2) is 5.85. The van der Waals surface area contributed by atoms with Gasteiger partial charge in [0.05, 0.1) is 5.39 Å². The van der Waals surface area contributed by atoms with E-state index in [0.29, 0.717) is 17.5 Å². The highest BCUT2D eigenvalue weighted by molar-refractivity contribution is 6.04. The summed E-state index contributed by atoms with van der Waals surface area (Å²) in [6.07, 6.45) is 0. The predicted octanol–water partition coefficient (Wildman–Crippen LogP) is 3.46. The van der Waals surface area contributed by atoms with E-state index in [9.17, 15) is 9.59 Å². The number of hydrogen-bond donors (Lipinski definition) is 0. The maximum atomic E-state index is 12.7. The van der Waals surface area contributed by atoms with Gasteiger partial charge in [-0.3, -0.25) is 9.59 Å². The Hall–Kier alpha value is -2.88. The molecule has 0 radical (unpaired) electrons. The molecular formula is C18H15NO3. The zero-order chi connectivity index (χ0) is 15.5. The largest absolute Gasteiger partial charge is 0.451 e. The van der Waals surface area contributed by atoms with Gasteiger partial charge in [-0.25, -0.2) is 0 Å². The zero-order valence-electron chi connectivity index (χ0n) is 12.2. The van der Waals surface area contributed by atoms with Crippen molar-refractivity contribution < 1.29 is 9.21 Å². The normalized spacial score (nSPS) is 10.6. The highest BCUT2D eigenvalue weighted by Gasteiger charge is 2.19. The van der Waals surface area contributed by atoms with Crippen LogP contribution in [0.5, 0.6) is 0 Å². The van der Waals surface area contributed by atoms with Crippen molar-refractivity contribution in [3.63, 3.8) is 0 Å². The third-order valence-corrected chi connectivity index (χ3v) is 3.47. The summed E-state index contributed by atoms with van der Waals surface area (Å²) < 4.78 is 5.62. The van der Waals surface area contributed by atoms with Gasteiger partial charge in [-0.05, 0) is 31.2 Å². The summed E-state index contributed by atoms with van der Waals surface area (Å²) in [6.45, 7) is 2.36. The first-order valence-corrected chi connectivity index (χ1v) is 7.10. The molecule has 0 atom stereocenters. The van der Waals surface area contributed by atoms with E-state index in [0.717, 1.165) is 5.69 Å². The van der Waals surface area contributed by atoms with Gasteiger partial charge in [0.1, 0.15) is 5.58 Å². The van der Waals surface area contributed by atoms with E-state index >= 15 is 0 Å². The average Bonchev–Trinajstić information content (AvgIpc) is 2.56. The van der Waals surface area contributed by atoms with Crippen LogP contribution in [0.15, 0.2) is 69.9 Å². The fourth-order valence-corrected chi connectivity index (χ4v) is 2.39. The summed E-state index contributed by atoms with van der Waals surface area (Å²) in [5.41, 5.74) is 0.975. The lowest BCUT2D eigenvalue weighted by atomic mass is 10.2. The van der Waals surface area contributed by atoms with Gasteiger partial charge in [0.2, 0.25) is 0 Å². The Bertz CT molecular complexity index is 868. The molecule has 0 aliphatic rings. The molecule has 2 aromatic carbocycles. The Morgan fingerprint density at radius 2 is 1.73 bits per heavy atom. The second-order valence-corrected chi connectivity index (χ2v) is 4.86. The van der Waals surface area contributed by atoms with Crippen LogP contribution in [-0.2, 0) is 0 Å². The van der Waals surface area contributed by atoms with E-state index in [1.165, 1.54) is 6.07 Å². The lowest BCUT2D eigenvalue weighted by molar-refractivity contribution is 0.0962. The molecule has 0 bridgehead atoms. The van der Waals surface area contributed by atoms with Crippen molar-refractivity contribution in [3.05, 3.63) is 76.6 Å². The zero-order valence-corrected chi connectivity index (χ0v) is 12.2. The van der Waals surface area contributed by atoms with Gasteiger partial charge in [-0.2, -0.15) is 0 Å². The molecule has 0 unspecified atom stereocenters. The van der Waals surface area contributed by atoms with Gasteiger partial charge in [0, 0.05) is 18.3 Å². The molecule has 4 heteroatoms. The Morgan fingerprint density at radius 1 is 1.05 bits per heavy atom. The van der Waals surface area contributed by atoms with Gasteiger partial charge >= 0.3 is 0 Å². The quantitative estimate of drug-likeness (QED) is 0.743. The number of carbonyl (C=O) groups excluding carboxylic acids is 1. The van der Waals surface area contributed by atoms with Crippen molar-refractivity contribution in [2.24, 2.45) is 0 Å². The molecule has 0 N–H and O–H groups in total. The highest BCUT2D eigenvalue weighted by atomic mass is 16.3. The second-order valence-electron chi connectivity index (χ2n) is 4.86. The molecule has 1 amide bonds.